The molecule has 0 aromatic heterocycles. The van der Waals surface area contributed by atoms with E-state index in [1.54, 1.807) is 0 Å². The third-order valence-corrected chi connectivity index (χ3v) is 9.84. The van der Waals surface area contributed by atoms with Crippen LogP contribution in [0.3, 0.4) is 0 Å². The van der Waals surface area contributed by atoms with E-state index in [2.05, 4.69) is 206 Å². The number of hydrogen-bond donors (Lipinski definition) is 0. The van der Waals surface area contributed by atoms with Crippen molar-refractivity contribution >= 4 is 21.5 Å². The van der Waals surface area contributed by atoms with Gasteiger partial charge in [0, 0.05) is 0 Å². The van der Waals surface area contributed by atoms with Crippen molar-refractivity contribution in [3.05, 3.63) is 206 Å². The summed E-state index contributed by atoms with van der Waals surface area (Å²) >= 11 is 0. The van der Waals surface area contributed by atoms with Crippen LogP contribution in [0.4, 0.5) is 0 Å². The molecule has 0 unspecified atom stereocenters. The van der Waals surface area contributed by atoms with E-state index < -0.39 is 0 Å². The lowest BCUT2D eigenvalue weighted by Crippen LogP contribution is -1.91. The largest absolute Gasteiger partial charge is 0.0622 e. The van der Waals surface area contributed by atoms with Gasteiger partial charge in [-0.05, 0) is 113 Å². The summed E-state index contributed by atoms with van der Waals surface area (Å²) in [6, 6.07) is 74.9. The van der Waals surface area contributed by atoms with Gasteiger partial charge < -0.3 is 0 Å². The third-order valence-electron chi connectivity index (χ3n) is 9.84. The van der Waals surface area contributed by atoms with E-state index in [4.69, 9.17) is 0 Å². The van der Waals surface area contributed by atoms with Gasteiger partial charge >= 0.3 is 0 Å². The summed E-state index contributed by atoms with van der Waals surface area (Å²) in [5.74, 6) is 0. The van der Waals surface area contributed by atoms with E-state index >= 15 is 0 Å². The first-order chi connectivity index (χ1) is 24.8. The minimum absolute atomic E-state index is 1.21. The second-order valence-corrected chi connectivity index (χ2v) is 12.9. The summed E-state index contributed by atoms with van der Waals surface area (Å²) in [4.78, 5) is 0. The van der Waals surface area contributed by atoms with Crippen molar-refractivity contribution in [2.45, 2.75) is 0 Å². The second-order valence-electron chi connectivity index (χ2n) is 12.9. The molecule has 0 N–H and O–H groups in total. The molecule has 9 aromatic carbocycles. The Morgan fingerprint density at radius 1 is 0.160 bits per heavy atom. The highest BCUT2D eigenvalue weighted by Crippen LogP contribution is 2.45. The van der Waals surface area contributed by atoms with E-state index in [0.29, 0.717) is 0 Å². The van der Waals surface area contributed by atoms with Crippen LogP contribution in [-0.2, 0) is 0 Å². The number of benzene rings is 9. The topological polar surface area (TPSA) is 0 Å². The maximum Gasteiger partial charge on any atom is -0.00262 e. The fourth-order valence-electron chi connectivity index (χ4n) is 7.48. The van der Waals surface area contributed by atoms with Crippen molar-refractivity contribution in [3.63, 3.8) is 0 Å². The van der Waals surface area contributed by atoms with Crippen LogP contribution in [0, 0.1) is 0 Å². The molecule has 0 spiro atoms. The van der Waals surface area contributed by atoms with Crippen molar-refractivity contribution in [2.75, 3.05) is 0 Å². The molecule has 0 fully saturated rings. The predicted molar refractivity (Wildman–Crippen MR) is 214 cm³/mol. The lowest BCUT2D eigenvalue weighted by atomic mass is 9.85. The van der Waals surface area contributed by atoms with Gasteiger partial charge in [-0.1, -0.05) is 182 Å². The molecule has 0 heteroatoms. The van der Waals surface area contributed by atoms with Gasteiger partial charge in [-0.25, -0.2) is 0 Å². The standard InChI is InChI=1S/C50H34/c1-3-15-35(16-4-1)37-19-11-21-39(31-37)41-23-13-25-43(33-41)49-45-27-7-9-29-47(45)50(48-30-10-8-28-46(48)49)44-26-14-24-42(34-44)40-22-12-20-38(32-40)36-17-5-2-6-18-36/h1-34H. The minimum atomic E-state index is 1.21. The van der Waals surface area contributed by atoms with Crippen LogP contribution >= 0.6 is 0 Å². The highest BCUT2D eigenvalue weighted by Gasteiger charge is 2.17. The zero-order valence-electron chi connectivity index (χ0n) is 27.6. The molecule has 0 aliphatic carbocycles. The highest BCUT2D eigenvalue weighted by molar-refractivity contribution is 6.21. The molecule has 0 amide bonds. The second kappa shape index (κ2) is 12.8. The SMILES string of the molecule is c1ccc(-c2cccc(-c3cccc(-c4c5ccccc5c(-c5cccc(-c6cccc(-c7ccccc7)c6)c5)c5ccccc45)c3)c2)cc1. The van der Waals surface area contributed by atoms with Crippen LogP contribution in [0.2, 0.25) is 0 Å². The van der Waals surface area contributed by atoms with Gasteiger partial charge in [0.05, 0.1) is 0 Å². The molecule has 9 aromatic rings. The Kier molecular flexibility index (Phi) is 7.61. The van der Waals surface area contributed by atoms with Crippen molar-refractivity contribution < 1.29 is 0 Å². The van der Waals surface area contributed by atoms with Gasteiger partial charge in [-0.3, -0.25) is 0 Å². The Hall–Kier alpha value is -6.50. The van der Waals surface area contributed by atoms with E-state index in [1.165, 1.54) is 88.3 Å². The van der Waals surface area contributed by atoms with Crippen LogP contribution in [-0.4, -0.2) is 0 Å². The number of rotatable bonds is 6. The van der Waals surface area contributed by atoms with Gasteiger partial charge in [0.25, 0.3) is 0 Å². The molecule has 9 rings (SSSR count). The average molecular weight is 635 g/mol. The predicted octanol–water partition coefficient (Wildman–Crippen LogP) is 14.0. The molecule has 0 aliphatic rings. The number of fused-ring (bicyclic) bond motifs is 2. The summed E-state index contributed by atoms with van der Waals surface area (Å²) in [5.41, 5.74) is 14.7. The summed E-state index contributed by atoms with van der Waals surface area (Å²) < 4.78 is 0. The molecular formula is C50H34. The Morgan fingerprint density at radius 2 is 0.380 bits per heavy atom. The molecule has 0 bridgehead atoms. The third kappa shape index (κ3) is 5.48. The first-order valence-electron chi connectivity index (χ1n) is 17.3. The number of hydrogen-bond acceptors (Lipinski definition) is 0. The molecule has 0 saturated carbocycles. The monoisotopic (exact) mass is 634 g/mol. The molecule has 0 nitrogen and oxygen atoms in total. The van der Waals surface area contributed by atoms with Crippen molar-refractivity contribution in [2.24, 2.45) is 0 Å². The molecule has 50 heavy (non-hydrogen) atoms. The van der Waals surface area contributed by atoms with Gasteiger partial charge in [0.2, 0.25) is 0 Å². The van der Waals surface area contributed by atoms with Crippen molar-refractivity contribution in [1.29, 1.82) is 0 Å². The van der Waals surface area contributed by atoms with Gasteiger partial charge in [-0.2, -0.15) is 0 Å². The fraction of sp³-hybridized carbons (Fsp3) is 0. The van der Waals surface area contributed by atoms with E-state index in [-0.39, 0.29) is 0 Å². The zero-order chi connectivity index (χ0) is 33.3. The summed E-state index contributed by atoms with van der Waals surface area (Å²) in [5, 5.41) is 5.03. The van der Waals surface area contributed by atoms with Gasteiger partial charge in [-0.15, -0.1) is 0 Å². The van der Waals surface area contributed by atoms with Crippen molar-refractivity contribution in [3.8, 4) is 66.8 Å². The van der Waals surface area contributed by atoms with E-state index in [9.17, 15) is 0 Å². The van der Waals surface area contributed by atoms with Crippen LogP contribution in [0.25, 0.3) is 88.3 Å². The first-order valence-corrected chi connectivity index (χ1v) is 17.3. The molecule has 0 saturated heterocycles. The lowest BCUT2D eigenvalue weighted by Gasteiger charge is -2.19. The molecule has 0 atom stereocenters. The van der Waals surface area contributed by atoms with Crippen LogP contribution in [0.5, 0.6) is 0 Å². The Bertz CT molecular complexity index is 2390. The molecule has 0 aliphatic heterocycles. The van der Waals surface area contributed by atoms with Crippen LogP contribution < -0.4 is 0 Å². The highest BCUT2D eigenvalue weighted by atomic mass is 14.2. The van der Waals surface area contributed by atoms with Crippen LogP contribution in [0.1, 0.15) is 0 Å². The normalized spacial score (nSPS) is 11.2. The maximum atomic E-state index is 2.36. The zero-order valence-corrected chi connectivity index (χ0v) is 27.6. The molecule has 0 radical (unpaired) electrons. The Morgan fingerprint density at radius 3 is 0.700 bits per heavy atom. The average Bonchev–Trinajstić information content (AvgIpc) is 3.21. The van der Waals surface area contributed by atoms with E-state index in [0.717, 1.165) is 0 Å². The quantitative estimate of drug-likeness (QED) is 0.160. The maximum absolute atomic E-state index is 2.36. The van der Waals surface area contributed by atoms with E-state index in [1.807, 2.05) is 0 Å². The Labute approximate surface area is 293 Å². The molecule has 234 valence electrons. The fourth-order valence-corrected chi connectivity index (χ4v) is 7.48. The van der Waals surface area contributed by atoms with Crippen LogP contribution in [0.15, 0.2) is 206 Å². The van der Waals surface area contributed by atoms with Gasteiger partial charge in [0.1, 0.15) is 0 Å². The minimum Gasteiger partial charge on any atom is -0.0622 e. The smallest absolute Gasteiger partial charge is 0.00262 e. The molecular weight excluding hydrogens is 601 g/mol. The summed E-state index contributed by atoms with van der Waals surface area (Å²) in [6.07, 6.45) is 0. The Balaban J connectivity index is 1.19. The summed E-state index contributed by atoms with van der Waals surface area (Å²) in [6.45, 7) is 0. The first kappa shape index (κ1) is 29.6. The lowest BCUT2D eigenvalue weighted by molar-refractivity contribution is 1.58. The molecule has 0 heterocycles. The summed E-state index contributed by atoms with van der Waals surface area (Å²) in [7, 11) is 0. The van der Waals surface area contributed by atoms with Gasteiger partial charge in [0.15, 0.2) is 0 Å². The van der Waals surface area contributed by atoms with Crippen molar-refractivity contribution in [1.82, 2.24) is 0 Å².